The minimum atomic E-state index is -0.439. The third-order valence-electron chi connectivity index (χ3n) is 4.85. The second-order valence-electron chi connectivity index (χ2n) is 6.81. The van der Waals surface area contributed by atoms with E-state index < -0.39 is 5.97 Å². The molecule has 1 aromatic heterocycles. The topological polar surface area (TPSA) is 64.4 Å². The molecule has 0 radical (unpaired) electrons. The molecule has 1 aliphatic heterocycles. The van der Waals surface area contributed by atoms with Crippen LogP contribution in [0.3, 0.4) is 0 Å². The van der Waals surface area contributed by atoms with E-state index in [0.29, 0.717) is 29.0 Å². The normalized spacial score (nSPS) is 13.9. The molecule has 0 unspecified atom stereocenters. The summed E-state index contributed by atoms with van der Waals surface area (Å²) in [7, 11) is 1.34. The van der Waals surface area contributed by atoms with Gasteiger partial charge in [0, 0.05) is 12.3 Å². The predicted molar refractivity (Wildman–Crippen MR) is 112 cm³/mol. The number of thioether (sulfide) groups is 1. The molecule has 1 aliphatic rings. The molecule has 0 saturated carbocycles. The van der Waals surface area contributed by atoms with Crippen LogP contribution in [0.25, 0.3) is 10.9 Å². The average molecular weight is 395 g/mol. The number of ether oxygens (including phenoxy) is 1. The van der Waals surface area contributed by atoms with Crippen molar-refractivity contribution in [2.75, 3.05) is 30.2 Å². The number of benzene rings is 2. The Labute approximate surface area is 167 Å². The van der Waals surface area contributed by atoms with Crippen molar-refractivity contribution in [1.29, 1.82) is 0 Å². The van der Waals surface area contributed by atoms with Crippen LogP contribution in [0.5, 0.6) is 0 Å². The highest BCUT2D eigenvalue weighted by Crippen LogP contribution is 2.23. The van der Waals surface area contributed by atoms with Crippen LogP contribution >= 0.6 is 11.8 Å². The quantitative estimate of drug-likeness (QED) is 0.633. The smallest absolute Gasteiger partial charge is 0.337 e. The lowest BCUT2D eigenvalue weighted by atomic mass is 10.1. The van der Waals surface area contributed by atoms with E-state index in [2.05, 4.69) is 4.90 Å². The van der Waals surface area contributed by atoms with Crippen LogP contribution in [0.2, 0.25) is 0 Å². The molecular weight excluding hydrogens is 374 g/mol. The zero-order chi connectivity index (χ0) is 19.7. The van der Waals surface area contributed by atoms with Gasteiger partial charge in [-0.25, -0.2) is 9.78 Å². The van der Waals surface area contributed by atoms with Gasteiger partial charge in [0.2, 0.25) is 5.95 Å². The molecule has 1 fully saturated rings. The van der Waals surface area contributed by atoms with Gasteiger partial charge in [-0.05, 0) is 30.7 Å². The van der Waals surface area contributed by atoms with Crippen LogP contribution in [0, 0.1) is 6.92 Å². The van der Waals surface area contributed by atoms with Crippen molar-refractivity contribution < 1.29 is 9.53 Å². The van der Waals surface area contributed by atoms with Crippen molar-refractivity contribution in [1.82, 2.24) is 9.55 Å². The van der Waals surface area contributed by atoms with Crippen molar-refractivity contribution in [3.8, 4) is 0 Å². The molecule has 1 saturated heterocycles. The molecule has 144 valence electrons. The standard InChI is InChI=1S/C21H21N3O3S/c1-14-3-5-15(6-4-14)12-24-19(25)17-8-7-16(20(26)27-2)11-18(17)22-21(24)23-9-10-28-13-23/h3-8,11H,9-10,12-13H2,1-2H3. The van der Waals surface area contributed by atoms with Crippen LogP contribution in [0.1, 0.15) is 21.5 Å². The fourth-order valence-electron chi connectivity index (χ4n) is 3.29. The number of aryl methyl sites for hydroxylation is 1. The summed E-state index contributed by atoms with van der Waals surface area (Å²) in [6.45, 7) is 3.34. The molecule has 0 spiro atoms. The molecule has 7 heteroatoms. The number of nitrogens with zero attached hydrogens (tertiary/aromatic N) is 3. The third-order valence-corrected chi connectivity index (χ3v) is 5.82. The molecule has 0 N–H and O–H groups in total. The van der Waals surface area contributed by atoms with Crippen LogP contribution in [0.15, 0.2) is 47.3 Å². The number of carbonyl (C=O) groups excluding carboxylic acids is 1. The number of rotatable bonds is 4. The summed E-state index contributed by atoms with van der Waals surface area (Å²) < 4.78 is 6.53. The lowest BCUT2D eigenvalue weighted by Gasteiger charge is -2.21. The summed E-state index contributed by atoms with van der Waals surface area (Å²) in [5, 5.41) is 0.496. The number of methoxy groups -OCH3 is 1. The van der Waals surface area contributed by atoms with E-state index >= 15 is 0 Å². The van der Waals surface area contributed by atoms with E-state index in [9.17, 15) is 9.59 Å². The van der Waals surface area contributed by atoms with Gasteiger partial charge in [-0.1, -0.05) is 29.8 Å². The summed E-state index contributed by atoms with van der Waals surface area (Å²) in [4.78, 5) is 32.1. The second kappa shape index (κ2) is 7.67. The van der Waals surface area contributed by atoms with Gasteiger partial charge in [-0.2, -0.15) is 0 Å². The first kappa shape index (κ1) is 18.6. The molecule has 4 rings (SSSR count). The number of fused-ring (bicyclic) bond motifs is 1. The summed E-state index contributed by atoms with van der Waals surface area (Å²) in [6.07, 6.45) is 0. The van der Waals surface area contributed by atoms with Crippen molar-refractivity contribution in [3.05, 3.63) is 69.5 Å². The molecule has 0 bridgehead atoms. The van der Waals surface area contributed by atoms with Crippen molar-refractivity contribution in [2.45, 2.75) is 13.5 Å². The van der Waals surface area contributed by atoms with Gasteiger partial charge < -0.3 is 9.64 Å². The number of aromatic nitrogens is 2. The van der Waals surface area contributed by atoms with Gasteiger partial charge in [0.15, 0.2) is 0 Å². The molecule has 3 aromatic rings. The Morgan fingerprint density at radius 1 is 1.21 bits per heavy atom. The van der Waals surface area contributed by atoms with E-state index in [1.807, 2.05) is 43.0 Å². The highest BCUT2D eigenvalue weighted by atomic mass is 32.2. The highest BCUT2D eigenvalue weighted by Gasteiger charge is 2.21. The first-order chi connectivity index (χ1) is 13.6. The summed E-state index contributed by atoms with van der Waals surface area (Å²) in [5.74, 6) is 2.00. The fourth-order valence-corrected chi connectivity index (χ4v) is 4.23. The summed E-state index contributed by atoms with van der Waals surface area (Å²) >= 11 is 1.81. The minimum Gasteiger partial charge on any atom is -0.465 e. The van der Waals surface area contributed by atoms with Crippen LogP contribution < -0.4 is 10.5 Å². The summed E-state index contributed by atoms with van der Waals surface area (Å²) in [5.41, 5.74) is 3.03. The minimum absolute atomic E-state index is 0.103. The molecule has 0 amide bonds. The van der Waals surface area contributed by atoms with Gasteiger partial charge in [0.1, 0.15) is 0 Å². The molecule has 28 heavy (non-hydrogen) atoms. The number of carbonyl (C=O) groups is 1. The molecular formula is C21H21N3O3S. The lowest BCUT2D eigenvalue weighted by molar-refractivity contribution is 0.0601. The van der Waals surface area contributed by atoms with E-state index in [0.717, 1.165) is 23.7 Å². The van der Waals surface area contributed by atoms with E-state index in [-0.39, 0.29) is 5.56 Å². The maximum atomic E-state index is 13.3. The SMILES string of the molecule is COC(=O)c1ccc2c(=O)n(Cc3ccc(C)cc3)c(N3CCSC3)nc2c1. The monoisotopic (exact) mass is 395 g/mol. The van der Waals surface area contributed by atoms with Gasteiger partial charge >= 0.3 is 5.97 Å². The van der Waals surface area contributed by atoms with Crippen LogP contribution in [0.4, 0.5) is 5.95 Å². The van der Waals surface area contributed by atoms with Gasteiger partial charge in [0.25, 0.3) is 5.56 Å². The fraction of sp³-hybridized carbons (Fsp3) is 0.286. The van der Waals surface area contributed by atoms with E-state index in [1.165, 1.54) is 12.7 Å². The largest absolute Gasteiger partial charge is 0.465 e. The Hall–Kier alpha value is -2.80. The van der Waals surface area contributed by atoms with Crippen LogP contribution in [-0.2, 0) is 11.3 Å². The van der Waals surface area contributed by atoms with Crippen LogP contribution in [-0.4, -0.2) is 40.8 Å². The third kappa shape index (κ3) is 3.49. The highest BCUT2D eigenvalue weighted by molar-refractivity contribution is 7.99. The molecule has 6 nitrogen and oxygen atoms in total. The molecule has 2 heterocycles. The van der Waals surface area contributed by atoms with Gasteiger partial charge in [-0.3, -0.25) is 9.36 Å². The van der Waals surface area contributed by atoms with Gasteiger partial charge in [0.05, 0.1) is 36.0 Å². The van der Waals surface area contributed by atoms with E-state index in [4.69, 9.17) is 9.72 Å². The summed E-state index contributed by atoms with van der Waals surface area (Å²) in [6, 6.07) is 13.1. The molecule has 0 aliphatic carbocycles. The average Bonchev–Trinajstić information content (AvgIpc) is 3.25. The van der Waals surface area contributed by atoms with Crippen molar-refractivity contribution in [3.63, 3.8) is 0 Å². The van der Waals surface area contributed by atoms with E-state index in [1.54, 1.807) is 22.8 Å². The second-order valence-corrected chi connectivity index (χ2v) is 7.89. The lowest BCUT2D eigenvalue weighted by Crippen LogP contribution is -2.31. The number of anilines is 1. The predicted octanol–water partition coefficient (Wildman–Crippen LogP) is 3.05. The zero-order valence-corrected chi connectivity index (χ0v) is 16.7. The first-order valence-corrected chi connectivity index (χ1v) is 10.2. The number of esters is 1. The maximum absolute atomic E-state index is 13.3. The molecule has 2 aromatic carbocycles. The van der Waals surface area contributed by atoms with Gasteiger partial charge in [-0.15, -0.1) is 11.8 Å². The van der Waals surface area contributed by atoms with Crippen molar-refractivity contribution in [2.24, 2.45) is 0 Å². The Morgan fingerprint density at radius 2 is 2.00 bits per heavy atom. The number of hydrogen-bond acceptors (Lipinski definition) is 6. The Bertz CT molecular complexity index is 1090. The Kier molecular flexibility index (Phi) is 5.09. The Balaban J connectivity index is 1.87. The molecule has 0 atom stereocenters. The zero-order valence-electron chi connectivity index (χ0n) is 15.8. The number of hydrogen-bond donors (Lipinski definition) is 0. The van der Waals surface area contributed by atoms with Crippen molar-refractivity contribution >= 4 is 34.6 Å². The maximum Gasteiger partial charge on any atom is 0.337 e. The Morgan fingerprint density at radius 3 is 2.68 bits per heavy atom. The first-order valence-electron chi connectivity index (χ1n) is 9.08.